The van der Waals surface area contributed by atoms with Crippen LogP contribution in [0.1, 0.15) is 32.7 Å². The molecule has 0 saturated carbocycles. The molecule has 0 N–H and O–H groups in total. The molecule has 1 saturated heterocycles. The molecule has 0 bridgehead atoms. The van der Waals surface area contributed by atoms with E-state index in [9.17, 15) is 14.0 Å². The van der Waals surface area contributed by atoms with Gasteiger partial charge in [0.25, 0.3) is 11.8 Å². The third kappa shape index (κ3) is 4.27. The summed E-state index contributed by atoms with van der Waals surface area (Å²) < 4.78 is 18.6. The van der Waals surface area contributed by atoms with Crippen molar-refractivity contribution < 1.29 is 18.7 Å². The Kier molecular flexibility index (Phi) is 5.74. The SMILES string of the molecule is COc1ccc(C(=O)N2CCCN(C(=O)c3ccc(F)c(C)c3)CC2)cc1. The zero-order chi connectivity index (χ0) is 19.4. The van der Waals surface area contributed by atoms with Crippen LogP contribution in [-0.4, -0.2) is 54.9 Å². The van der Waals surface area contributed by atoms with E-state index in [0.717, 1.165) is 0 Å². The Hall–Kier alpha value is -2.89. The van der Waals surface area contributed by atoms with E-state index in [2.05, 4.69) is 0 Å². The molecule has 1 aliphatic heterocycles. The molecule has 2 aromatic carbocycles. The smallest absolute Gasteiger partial charge is 0.253 e. The second-order valence-corrected chi connectivity index (χ2v) is 6.63. The zero-order valence-electron chi connectivity index (χ0n) is 15.6. The van der Waals surface area contributed by atoms with Crippen LogP contribution in [0.4, 0.5) is 4.39 Å². The molecule has 0 aromatic heterocycles. The van der Waals surface area contributed by atoms with Crippen LogP contribution in [0.5, 0.6) is 5.75 Å². The fraction of sp³-hybridized carbons (Fsp3) is 0.333. The Labute approximate surface area is 158 Å². The first-order chi connectivity index (χ1) is 13.0. The van der Waals surface area contributed by atoms with Gasteiger partial charge in [0.05, 0.1) is 7.11 Å². The van der Waals surface area contributed by atoms with Gasteiger partial charge in [-0.15, -0.1) is 0 Å². The molecule has 142 valence electrons. The average molecular weight is 370 g/mol. The highest BCUT2D eigenvalue weighted by molar-refractivity contribution is 5.95. The first-order valence-corrected chi connectivity index (χ1v) is 8.98. The molecular formula is C21H23FN2O3. The first kappa shape index (κ1) is 18.9. The van der Waals surface area contributed by atoms with E-state index in [1.54, 1.807) is 54.2 Å². The fourth-order valence-corrected chi connectivity index (χ4v) is 3.20. The lowest BCUT2D eigenvalue weighted by Gasteiger charge is -2.22. The zero-order valence-corrected chi connectivity index (χ0v) is 15.6. The molecule has 0 atom stereocenters. The van der Waals surface area contributed by atoms with Crippen molar-refractivity contribution in [2.45, 2.75) is 13.3 Å². The third-order valence-electron chi connectivity index (χ3n) is 4.81. The number of amides is 2. The van der Waals surface area contributed by atoms with Crippen LogP contribution in [0.25, 0.3) is 0 Å². The van der Waals surface area contributed by atoms with Crippen LogP contribution in [-0.2, 0) is 0 Å². The lowest BCUT2D eigenvalue weighted by atomic mass is 10.1. The quantitative estimate of drug-likeness (QED) is 0.834. The lowest BCUT2D eigenvalue weighted by Crippen LogP contribution is -2.37. The van der Waals surface area contributed by atoms with E-state index in [0.29, 0.717) is 55.0 Å². The molecule has 0 radical (unpaired) electrons. The topological polar surface area (TPSA) is 49.9 Å². The summed E-state index contributed by atoms with van der Waals surface area (Å²) in [6.07, 6.45) is 0.702. The standard InChI is InChI=1S/C21H23FN2O3/c1-15-14-17(6-9-19(15)22)21(26)24-11-3-10-23(12-13-24)20(25)16-4-7-18(27-2)8-5-16/h4-9,14H,3,10-13H2,1-2H3. The number of methoxy groups -OCH3 is 1. The van der Waals surface area contributed by atoms with Gasteiger partial charge in [0.2, 0.25) is 0 Å². The maximum Gasteiger partial charge on any atom is 0.253 e. The molecule has 3 rings (SSSR count). The van der Waals surface area contributed by atoms with Gasteiger partial charge in [-0.2, -0.15) is 0 Å². The van der Waals surface area contributed by atoms with E-state index < -0.39 is 0 Å². The highest BCUT2D eigenvalue weighted by Crippen LogP contribution is 2.16. The summed E-state index contributed by atoms with van der Waals surface area (Å²) in [6, 6.07) is 11.4. The summed E-state index contributed by atoms with van der Waals surface area (Å²) in [7, 11) is 1.58. The van der Waals surface area contributed by atoms with Crippen molar-refractivity contribution in [2.75, 3.05) is 33.3 Å². The summed E-state index contributed by atoms with van der Waals surface area (Å²) in [6.45, 7) is 3.73. The number of rotatable bonds is 3. The van der Waals surface area contributed by atoms with Gasteiger partial charge in [0.1, 0.15) is 11.6 Å². The minimum Gasteiger partial charge on any atom is -0.497 e. The van der Waals surface area contributed by atoms with Gasteiger partial charge in [-0.05, 0) is 61.4 Å². The monoisotopic (exact) mass is 370 g/mol. The van der Waals surface area contributed by atoms with E-state index in [1.165, 1.54) is 12.1 Å². The van der Waals surface area contributed by atoms with Crippen LogP contribution in [0.3, 0.4) is 0 Å². The number of nitrogens with zero attached hydrogens (tertiary/aromatic N) is 2. The van der Waals surface area contributed by atoms with Crippen molar-refractivity contribution in [2.24, 2.45) is 0 Å². The Morgan fingerprint density at radius 2 is 1.44 bits per heavy atom. The van der Waals surface area contributed by atoms with Crippen molar-refractivity contribution >= 4 is 11.8 Å². The van der Waals surface area contributed by atoms with Gasteiger partial charge in [0.15, 0.2) is 0 Å². The van der Waals surface area contributed by atoms with E-state index in [-0.39, 0.29) is 17.6 Å². The molecule has 2 amide bonds. The molecule has 0 unspecified atom stereocenters. The molecule has 0 aliphatic carbocycles. The Morgan fingerprint density at radius 3 is 2.00 bits per heavy atom. The van der Waals surface area contributed by atoms with E-state index >= 15 is 0 Å². The van der Waals surface area contributed by atoms with Gasteiger partial charge in [-0.1, -0.05) is 0 Å². The Bertz CT molecular complexity index is 836. The molecule has 5 nitrogen and oxygen atoms in total. The summed E-state index contributed by atoms with van der Waals surface area (Å²) in [5.74, 6) is 0.203. The first-order valence-electron chi connectivity index (χ1n) is 8.98. The second kappa shape index (κ2) is 8.20. The molecule has 2 aromatic rings. The normalized spacial score (nSPS) is 14.6. The lowest BCUT2D eigenvalue weighted by molar-refractivity contribution is 0.0718. The van der Waals surface area contributed by atoms with Crippen LogP contribution in [0.2, 0.25) is 0 Å². The van der Waals surface area contributed by atoms with Crippen LogP contribution >= 0.6 is 0 Å². The van der Waals surface area contributed by atoms with Crippen LogP contribution in [0.15, 0.2) is 42.5 Å². The van der Waals surface area contributed by atoms with Crippen molar-refractivity contribution in [1.29, 1.82) is 0 Å². The number of benzene rings is 2. The summed E-state index contributed by atoms with van der Waals surface area (Å²) >= 11 is 0. The highest BCUT2D eigenvalue weighted by atomic mass is 19.1. The number of carbonyl (C=O) groups excluding carboxylic acids is 2. The minimum atomic E-state index is -0.321. The number of carbonyl (C=O) groups is 2. The van der Waals surface area contributed by atoms with Crippen molar-refractivity contribution in [1.82, 2.24) is 9.80 Å². The fourth-order valence-electron chi connectivity index (χ4n) is 3.20. The summed E-state index contributed by atoms with van der Waals surface area (Å²) in [5, 5.41) is 0. The second-order valence-electron chi connectivity index (χ2n) is 6.63. The van der Waals surface area contributed by atoms with Gasteiger partial charge >= 0.3 is 0 Å². The van der Waals surface area contributed by atoms with E-state index in [1.807, 2.05) is 0 Å². The molecular weight excluding hydrogens is 347 g/mol. The molecule has 0 spiro atoms. The number of hydrogen-bond acceptors (Lipinski definition) is 3. The minimum absolute atomic E-state index is 0.0513. The number of halogens is 1. The van der Waals surface area contributed by atoms with Crippen molar-refractivity contribution in [3.8, 4) is 5.75 Å². The highest BCUT2D eigenvalue weighted by Gasteiger charge is 2.23. The Morgan fingerprint density at radius 1 is 0.889 bits per heavy atom. The van der Waals surface area contributed by atoms with Gasteiger partial charge in [-0.3, -0.25) is 9.59 Å². The molecule has 1 fully saturated rings. The van der Waals surface area contributed by atoms with Crippen molar-refractivity contribution in [3.05, 3.63) is 65.0 Å². The number of aryl methyl sites for hydroxylation is 1. The largest absolute Gasteiger partial charge is 0.497 e. The molecule has 1 heterocycles. The van der Waals surface area contributed by atoms with Crippen molar-refractivity contribution in [3.63, 3.8) is 0 Å². The third-order valence-corrected chi connectivity index (χ3v) is 4.81. The number of hydrogen-bond donors (Lipinski definition) is 0. The summed E-state index contributed by atoms with van der Waals surface area (Å²) in [5.41, 5.74) is 1.53. The average Bonchev–Trinajstić information content (AvgIpc) is 2.95. The van der Waals surface area contributed by atoms with E-state index in [4.69, 9.17) is 4.74 Å². The molecule has 27 heavy (non-hydrogen) atoms. The van der Waals surface area contributed by atoms with Gasteiger partial charge in [-0.25, -0.2) is 4.39 Å². The molecule has 1 aliphatic rings. The van der Waals surface area contributed by atoms with Gasteiger partial charge < -0.3 is 14.5 Å². The number of ether oxygens (including phenoxy) is 1. The predicted molar refractivity (Wildman–Crippen MR) is 101 cm³/mol. The van der Waals surface area contributed by atoms with Crippen LogP contribution in [0, 0.1) is 12.7 Å². The van der Waals surface area contributed by atoms with Crippen LogP contribution < -0.4 is 4.74 Å². The summed E-state index contributed by atoms with van der Waals surface area (Å²) in [4.78, 5) is 28.9. The maximum absolute atomic E-state index is 13.4. The predicted octanol–water partition coefficient (Wildman–Crippen LogP) is 3.13. The Balaban J connectivity index is 1.66. The molecule has 6 heteroatoms. The maximum atomic E-state index is 13.4. The van der Waals surface area contributed by atoms with Gasteiger partial charge in [0, 0.05) is 37.3 Å².